The lowest BCUT2D eigenvalue weighted by atomic mass is 10.2. The molecule has 1 amide bonds. The van der Waals surface area contributed by atoms with E-state index in [0.717, 1.165) is 5.56 Å². The Bertz CT molecular complexity index is 1110. The Morgan fingerprint density at radius 1 is 0.935 bits per heavy atom. The summed E-state index contributed by atoms with van der Waals surface area (Å²) in [4.78, 5) is 12.6. The van der Waals surface area contributed by atoms with Gasteiger partial charge < -0.3 is 10.1 Å². The molecule has 7 heteroatoms. The maximum Gasteiger partial charge on any atom is 0.255 e. The average Bonchev–Trinajstić information content (AvgIpc) is 2.75. The maximum absolute atomic E-state index is 12.8. The van der Waals surface area contributed by atoms with Gasteiger partial charge >= 0.3 is 0 Å². The number of hydrogen-bond donors (Lipinski definition) is 1. The van der Waals surface area contributed by atoms with Gasteiger partial charge in [-0.05, 0) is 67.9 Å². The lowest BCUT2D eigenvalue weighted by Crippen LogP contribution is -2.26. The second-order valence-corrected chi connectivity index (χ2v) is 9.46. The Labute approximate surface area is 183 Å². The summed E-state index contributed by atoms with van der Waals surface area (Å²) in [6.07, 6.45) is 0.0567. The Balaban J connectivity index is 1.65. The molecule has 3 rings (SSSR count). The SMILES string of the molecule is CC(C)Oc1ccc(C(=O)Nc2ccc(S(=O)(=O)N(C)Cc3ccccc3)cc2)cc1. The van der Waals surface area contributed by atoms with Gasteiger partial charge in [-0.25, -0.2) is 8.42 Å². The molecule has 0 heterocycles. The van der Waals surface area contributed by atoms with E-state index < -0.39 is 10.0 Å². The molecule has 0 aliphatic rings. The van der Waals surface area contributed by atoms with Crippen LogP contribution in [0, 0.1) is 0 Å². The number of amides is 1. The predicted molar refractivity (Wildman–Crippen MR) is 122 cm³/mol. The summed E-state index contributed by atoms with van der Waals surface area (Å²) in [7, 11) is -2.10. The van der Waals surface area contributed by atoms with Crippen molar-refractivity contribution in [1.29, 1.82) is 0 Å². The molecule has 3 aromatic rings. The minimum atomic E-state index is -3.64. The highest BCUT2D eigenvalue weighted by Crippen LogP contribution is 2.20. The molecule has 0 aliphatic carbocycles. The lowest BCUT2D eigenvalue weighted by Gasteiger charge is -2.17. The zero-order valence-electron chi connectivity index (χ0n) is 17.8. The average molecular weight is 439 g/mol. The molecule has 162 valence electrons. The standard InChI is InChI=1S/C24H26N2O4S/c1-18(2)30-22-13-9-20(10-14-22)24(27)25-21-11-15-23(16-12-21)31(28,29)26(3)17-19-7-5-4-6-8-19/h4-16,18H,17H2,1-3H3,(H,25,27). The van der Waals surface area contributed by atoms with E-state index in [-0.39, 0.29) is 23.5 Å². The number of sulfonamides is 1. The summed E-state index contributed by atoms with van der Waals surface area (Å²) >= 11 is 0. The molecule has 0 fully saturated rings. The minimum Gasteiger partial charge on any atom is -0.491 e. The second-order valence-electron chi connectivity index (χ2n) is 7.42. The van der Waals surface area contributed by atoms with E-state index in [9.17, 15) is 13.2 Å². The summed E-state index contributed by atoms with van der Waals surface area (Å²) in [5, 5.41) is 2.78. The highest BCUT2D eigenvalue weighted by atomic mass is 32.2. The van der Waals surface area contributed by atoms with Crippen molar-refractivity contribution in [3.8, 4) is 5.75 Å². The fraction of sp³-hybridized carbons (Fsp3) is 0.208. The first-order valence-corrected chi connectivity index (χ1v) is 11.4. The van der Waals surface area contributed by atoms with Gasteiger partial charge in [0.05, 0.1) is 11.0 Å². The number of carbonyl (C=O) groups is 1. The molecule has 31 heavy (non-hydrogen) atoms. The van der Waals surface area contributed by atoms with E-state index in [4.69, 9.17) is 4.74 Å². The molecule has 0 radical (unpaired) electrons. The number of carbonyl (C=O) groups excluding carboxylic acids is 1. The Morgan fingerprint density at radius 2 is 1.55 bits per heavy atom. The fourth-order valence-electron chi connectivity index (χ4n) is 2.98. The van der Waals surface area contributed by atoms with Gasteiger partial charge in [-0.3, -0.25) is 4.79 Å². The third kappa shape index (κ3) is 5.93. The highest BCUT2D eigenvalue weighted by molar-refractivity contribution is 7.89. The van der Waals surface area contributed by atoms with E-state index in [1.807, 2.05) is 44.2 Å². The molecule has 0 saturated carbocycles. The summed E-state index contributed by atoms with van der Waals surface area (Å²) in [5.74, 6) is 0.411. The first-order valence-electron chi connectivity index (χ1n) is 9.94. The molecule has 1 N–H and O–H groups in total. The molecular formula is C24H26N2O4S. The Hall–Kier alpha value is -3.16. The summed E-state index contributed by atoms with van der Waals surface area (Å²) in [5.41, 5.74) is 1.90. The van der Waals surface area contributed by atoms with Crippen molar-refractivity contribution in [2.24, 2.45) is 0 Å². The van der Waals surface area contributed by atoms with E-state index in [0.29, 0.717) is 17.0 Å². The van der Waals surface area contributed by atoms with Crippen molar-refractivity contribution < 1.29 is 17.9 Å². The molecule has 3 aromatic carbocycles. The number of hydrogen-bond acceptors (Lipinski definition) is 4. The predicted octanol–water partition coefficient (Wildman–Crippen LogP) is 4.55. The molecular weight excluding hydrogens is 412 g/mol. The smallest absolute Gasteiger partial charge is 0.255 e. The van der Waals surface area contributed by atoms with E-state index in [1.165, 1.54) is 16.4 Å². The Kier molecular flexibility index (Phi) is 7.09. The maximum atomic E-state index is 12.8. The van der Waals surface area contributed by atoms with Crippen molar-refractivity contribution in [2.75, 3.05) is 12.4 Å². The normalized spacial score (nSPS) is 11.5. The van der Waals surface area contributed by atoms with Crippen molar-refractivity contribution in [1.82, 2.24) is 4.31 Å². The largest absolute Gasteiger partial charge is 0.491 e. The molecule has 0 unspecified atom stereocenters. The number of benzene rings is 3. The summed E-state index contributed by atoms with van der Waals surface area (Å²) in [6.45, 7) is 4.14. The van der Waals surface area contributed by atoms with Crippen LogP contribution in [0.15, 0.2) is 83.8 Å². The van der Waals surface area contributed by atoms with Crippen LogP contribution in [0.3, 0.4) is 0 Å². The minimum absolute atomic E-state index is 0.0567. The van der Waals surface area contributed by atoms with Crippen molar-refractivity contribution >= 4 is 21.6 Å². The zero-order chi connectivity index (χ0) is 22.4. The van der Waals surface area contributed by atoms with Crippen LogP contribution in [0.25, 0.3) is 0 Å². The summed E-state index contributed by atoms with van der Waals surface area (Å²) in [6, 6.07) is 22.4. The number of rotatable bonds is 8. The van der Waals surface area contributed by atoms with Gasteiger partial charge in [0.25, 0.3) is 5.91 Å². The van der Waals surface area contributed by atoms with Gasteiger partial charge in [-0.15, -0.1) is 0 Å². The number of nitrogens with zero attached hydrogens (tertiary/aromatic N) is 1. The second kappa shape index (κ2) is 9.76. The highest BCUT2D eigenvalue weighted by Gasteiger charge is 2.21. The van der Waals surface area contributed by atoms with Gasteiger partial charge in [0.2, 0.25) is 10.0 Å². The van der Waals surface area contributed by atoms with E-state index in [2.05, 4.69) is 5.32 Å². The quantitative estimate of drug-likeness (QED) is 0.560. The van der Waals surface area contributed by atoms with Crippen LogP contribution in [0.2, 0.25) is 0 Å². The van der Waals surface area contributed by atoms with Gasteiger partial charge in [-0.2, -0.15) is 4.31 Å². The third-order valence-electron chi connectivity index (χ3n) is 4.56. The third-order valence-corrected chi connectivity index (χ3v) is 6.37. The van der Waals surface area contributed by atoms with Crippen molar-refractivity contribution in [3.63, 3.8) is 0 Å². The van der Waals surface area contributed by atoms with E-state index >= 15 is 0 Å². The van der Waals surface area contributed by atoms with Gasteiger partial charge in [0, 0.05) is 24.8 Å². The molecule has 0 bridgehead atoms. The summed E-state index contributed by atoms with van der Waals surface area (Å²) < 4.78 is 32.5. The first-order chi connectivity index (χ1) is 14.8. The number of anilines is 1. The van der Waals surface area contributed by atoms with Gasteiger partial charge in [-0.1, -0.05) is 30.3 Å². The van der Waals surface area contributed by atoms with Crippen LogP contribution in [0.5, 0.6) is 5.75 Å². The zero-order valence-corrected chi connectivity index (χ0v) is 18.6. The Morgan fingerprint density at radius 3 is 2.13 bits per heavy atom. The topological polar surface area (TPSA) is 75.7 Å². The molecule has 0 saturated heterocycles. The van der Waals surface area contributed by atoms with Crippen molar-refractivity contribution in [2.45, 2.75) is 31.4 Å². The van der Waals surface area contributed by atoms with Crippen LogP contribution in [0.4, 0.5) is 5.69 Å². The monoisotopic (exact) mass is 438 g/mol. The number of nitrogens with one attached hydrogen (secondary N) is 1. The molecule has 6 nitrogen and oxygen atoms in total. The van der Waals surface area contributed by atoms with E-state index in [1.54, 1.807) is 43.4 Å². The van der Waals surface area contributed by atoms with Crippen LogP contribution in [-0.4, -0.2) is 31.8 Å². The van der Waals surface area contributed by atoms with Crippen LogP contribution in [0.1, 0.15) is 29.8 Å². The molecule has 0 atom stereocenters. The lowest BCUT2D eigenvalue weighted by molar-refractivity contribution is 0.102. The number of ether oxygens (including phenoxy) is 1. The van der Waals surface area contributed by atoms with Crippen LogP contribution >= 0.6 is 0 Å². The first kappa shape index (κ1) is 22.5. The molecule has 0 aliphatic heterocycles. The molecule has 0 aromatic heterocycles. The fourth-order valence-corrected chi connectivity index (χ4v) is 4.13. The van der Waals surface area contributed by atoms with Crippen LogP contribution < -0.4 is 10.1 Å². The van der Waals surface area contributed by atoms with Crippen LogP contribution in [-0.2, 0) is 16.6 Å². The van der Waals surface area contributed by atoms with Gasteiger partial charge in [0.15, 0.2) is 0 Å². The molecule has 0 spiro atoms. The van der Waals surface area contributed by atoms with Gasteiger partial charge in [0.1, 0.15) is 5.75 Å². The van der Waals surface area contributed by atoms with Crippen molar-refractivity contribution in [3.05, 3.63) is 90.0 Å².